The molecule has 0 aliphatic rings. The van der Waals surface area contributed by atoms with Crippen molar-refractivity contribution in [1.29, 1.82) is 0 Å². The molecule has 1 N–H and O–H groups in total. The second-order valence-corrected chi connectivity index (χ2v) is 3.97. The van der Waals surface area contributed by atoms with Crippen molar-refractivity contribution in [3.63, 3.8) is 0 Å². The Hall–Kier alpha value is -2.32. The number of halogens is 3. The van der Waals surface area contributed by atoms with Crippen LogP contribution in [-0.2, 0) is 20.3 Å². The van der Waals surface area contributed by atoms with Crippen LogP contribution in [0.3, 0.4) is 0 Å². The third-order valence-corrected chi connectivity index (χ3v) is 2.75. The lowest BCUT2D eigenvalue weighted by Gasteiger charge is -2.13. The van der Waals surface area contributed by atoms with Gasteiger partial charge in [0.1, 0.15) is 5.52 Å². The quantitative estimate of drug-likeness (QED) is 0.732. The van der Waals surface area contributed by atoms with Crippen LogP contribution in [0.4, 0.5) is 13.2 Å². The molecule has 0 atom stereocenters. The predicted octanol–water partition coefficient (Wildman–Crippen LogP) is -0.0557. The summed E-state index contributed by atoms with van der Waals surface area (Å²) in [7, 11) is 2.21. The number of pyridine rings is 1. The molecule has 0 fully saturated rings. The van der Waals surface area contributed by atoms with Crippen molar-refractivity contribution in [2.45, 2.75) is 6.18 Å². The van der Waals surface area contributed by atoms with Crippen molar-refractivity contribution in [2.75, 3.05) is 0 Å². The largest absolute Gasteiger partial charge is 0.418 e. The molecular weight excluding hydrogens is 267 g/mol. The zero-order chi connectivity index (χ0) is 14.5. The molecular formula is C10H8F3N3O3. The average Bonchev–Trinajstić information content (AvgIpc) is 2.31. The van der Waals surface area contributed by atoms with Gasteiger partial charge in [0.2, 0.25) is 5.56 Å². The van der Waals surface area contributed by atoms with Crippen LogP contribution in [0.15, 0.2) is 20.4 Å². The maximum atomic E-state index is 12.9. The van der Waals surface area contributed by atoms with Gasteiger partial charge in [-0.3, -0.25) is 18.7 Å². The van der Waals surface area contributed by atoms with Gasteiger partial charge in [-0.05, 0) is 0 Å². The molecule has 0 aliphatic heterocycles. The minimum absolute atomic E-state index is 0.321. The van der Waals surface area contributed by atoms with Crippen LogP contribution in [0.25, 0.3) is 11.0 Å². The molecule has 0 radical (unpaired) electrons. The third-order valence-electron chi connectivity index (χ3n) is 2.75. The molecule has 0 unspecified atom stereocenters. The number of hydrogen-bond donors (Lipinski definition) is 1. The molecule has 0 amide bonds. The fourth-order valence-corrected chi connectivity index (χ4v) is 1.85. The van der Waals surface area contributed by atoms with E-state index in [4.69, 9.17) is 0 Å². The van der Waals surface area contributed by atoms with E-state index in [0.29, 0.717) is 15.2 Å². The van der Waals surface area contributed by atoms with Gasteiger partial charge in [0.05, 0.1) is 11.1 Å². The summed E-state index contributed by atoms with van der Waals surface area (Å²) < 4.78 is 39.9. The van der Waals surface area contributed by atoms with E-state index < -0.39 is 39.6 Å². The number of alkyl halides is 3. The lowest BCUT2D eigenvalue weighted by atomic mass is 10.2. The van der Waals surface area contributed by atoms with Crippen molar-refractivity contribution < 1.29 is 13.2 Å². The number of H-pyrrole nitrogens is 1. The molecule has 0 bridgehead atoms. The van der Waals surface area contributed by atoms with Crippen LogP contribution in [-0.4, -0.2) is 14.1 Å². The molecule has 2 aromatic rings. The third kappa shape index (κ3) is 1.86. The van der Waals surface area contributed by atoms with Gasteiger partial charge in [0, 0.05) is 20.2 Å². The number of rotatable bonds is 0. The van der Waals surface area contributed by atoms with E-state index in [9.17, 15) is 27.6 Å². The first kappa shape index (κ1) is 13.1. The van der Waals surface area contributed by atoms with E-state index in [1.807, 2.05) is 4.98 Å². The van der Waals surface area contributed by atoms with Crippen LogP contribution < -0.4 is 16.8 Å². The highest BCUT2D eigenvalue weighted by Gasteiger charge is 2.35. The summed E-state index contributed by atoms with van der Waals surface area (Å²) in [6.45, 7) is 0. The van der Waals surface area contributed by atoms with Crippen molar-refractivity contribution in [3.05, 3.63) is 42.8 Å². The highest BCUT2D eigenvalue weighted by Crippen LogP contribution is 2.31. The number of aromatic nitrogens is 3. The number of nitrogens with zero attached hydrogens (tertiary/aromatic N) is 2. The Labute approximate surface area is 102 Å². The monoisotopic (exact) mass is 275 g/mol. The van der Waals surface area contributed by atoms with Gasteiger partial charge in [0.25, 0.3) is 5.56 Å². The van der Waals surface area contributed by atoms with Crippen molar-refractivity contribution in [3.8, 4) is 0 Å². The first-order valence-corrected chi connectivity index (χ1v) is 5.05. The van der Waals surface area contributed by atoms with E-state index in [1.165, 1.54) is 0 Å². The fraction of sp³-hybridized carbons (Fsp3) is 0.300. The fourth-order valence-electron chi connectivity index (χ4n) is 1.85. The van der Waals surface area contributed by atoms with Crippen LogP contribution in [0.5, 0.6) is 0 Å². The van der Waals surface area contributed by atoms with Crippen molar-refractivity contribution in [2.24, 2.45) is 14.1 Å². The van der Waals surface area contributed by atoms with Crippen LogP contribution >= 0.6 is 0 Å². The Bertz CT molecular complexity index is 842. The van der Waals surface area contributed by atoms with Crippen LogP contribution in [0.2, 0.25) is 0 Å². The minimum atomic E-state index is -4.84. The molecule has 9 heteroatoms. The molecule has 102 valence electrons. The zero-order valence-electron chi connectivity index (χ0n) is 9.83. The van der Waals surface area contributed by atoms with E-state index >= 15 is 0 Å². The predicted molar refractivity (Wildman–Crippen MR) is 60.1 cm³/mol. The Kier molecular flexibility index (Phi) is 2.65. The summed E-state index contributed by atoms with van der Waals surface area (Å²) in [5.41, 5.74) is -5.46. The van der Waals surface area contributed by atoms with Crippen molar-refractivity contribution in [1.82, 2.24) is 14.1 Å². The smallest absolute Gasteiger partial charge is 0.316 e. The van der Waals surface area contributed by atoms with Gasteiger partial charge in [-0.1, -0.05) is 0 Å². The molecule has 6 nitrogen and oxygen atoms in total. The molecule has 2 aromatic heterocycles. The van der Waals surface area contributed by atoms with E-state index in [1.54, 1.807) is 0 Å². The normalized spacial score (nSPS) is 12.1. The zero-order valence-corrected chi connectivity index (χ0v) is 9.83. The van der Waals surface area contributed by atoms with E-state index in [0.717, 1.165) is 14.1 Å². The Morgan fingerprint density at radius 2 is 1.68 bits per heavy atom. The first-order valence-electron chi connectivity index (χ1n) is 5.05. The summed E-state index contributed by atoms with van der Waals surface area (Å²) in [5, 5.41) is 0. The minimum Gasteiger partial charge on any atom is -0.316 e. The Morgan fingerprint density at radius 3 is 2.21 bits per heavy atom. The summed E-state index contributed by atoms with van der Waals surface area (Å²) >= 11 is 0. The highest BCUT2D eigenvalue weighted by molar-refractivity contribution is 5.77. The maximum absolute atomic E-state index is 12.9. The lowest BCUT2D eigenvalue weighted by Crippen LogP contribution is -2.39. The number of hydrogen-bond acceptors (Lipinski definition) is 3. The molecule has 19 heavy (non-hydrogen) atoms. The van der Waals surface area contributed by atoms with Gasteiger partial charge < -0.3 is 4.98 Å². The summed E-state index contributed by atoms with van der Waals surface area (Å²) in [6.07, 6.45) is -4.84. The summed E-state index contributed by atoms with van der Waals surface area (Å²) in [4.78, 5) is 36.6. The standard InChI is InChI=1S/C10H8F3N3O3/c1-15-7-4(10(11,12)13)3-5(17)14-6(7)8(18)16(2)9(15)19/h3H,1-2H3,(H,14,17). The van der Waals surface area contributed by atoms with Gasteiger partial charge in [-0.15, -0.1) is 0 Å². The molecule has 2 rings (SSSR count). The highest BCUT2D eigenvalue weighted by atomic mass is 19.4. The van der Waals surface area contributed by atoms with E-state index in [2.05, 4.69) is 0 Å². The molecule has 0 aromatic carbocycles. The maximum Gasteiger partial charge on any atom is 0.418 e. The van der Waals surface area contributed by atoms with Gasteiger partial charge in [0.15, 0.2) is 0 Å². The van der Waals surface area contributed by atoms with Gasteiger partial charge >= 0.3 is 11.9 Å². The van der Waals surface area contributed by atoms with Crippen LogP contribution in [0.1, 0.15) is 5.56 Å². The SMILES string of the molecule is Cn1c(=O)c2[nH]c(=O)cc(C(F)(F)F)c2n(C)c1=O. The van der Waals surface area contributed by atoms with E-state index in [-0.39, 0.29) is 0 Å². The summed E-state index contributed by atoms with van der Waals surface area (Å²) in [5.74, 6) is 0. The Balaban J connectivity index is 3.23. The number of aryl methyl sites for hydroxylation is 1. The number of nitrogens with one attached hydrogen (secondary N) is 1. The molecule has 0 spiro atoms. The lowest BCUT2D eigenvalue weighted by molar-refractivity contribution is -0.136. The van der Waals surface area contributed by atoms with Gasteiger partial charge in [-0.2, -0.15) is 13.2 Å². The van der Waals surface area contributed by atoms with Crippen LogP contribution in [0, 0.1) is 0 Å². The molecule has 0 saturated carbocycles. The topological polar surface area (TPSA) is 76.9 Å². The van der Waals surface area contributed by atoms with Gasteiger partial charge in [-0.25, -0.2) is 4.79 Å². The number of aromatic amines is 1. The second-order valence-electron chi connectivity index (χ2n) is 3.97. The number of fused-ring (bicyclic) bond motifs is 1. The molecule has 0 saturated heterocycles. The average molecular weight is 275 g/mol. The second kappa shape index (κ2) is 3.84. The molecule has 0 aliphatic carbocycles. The first-order chi connectivity index (χ1) is 8.64. The Morgan fingerprint density at radius 1 is 1.11 bits per heavy atom. The summed E-state index contributed by atoms with van der Waals surface area (Å²) in [6, 6.07) is 0.321. The van der Waals surface area contributed by atoms with Crippen molar-refractivity contribution >= 4 is 11.0 Å². The molecule has 2 heterocycles.